The molecule has 2 nitrogen and oxygen atoms in total. The number of hydrogen-bond acceptors (Lipinski definition) is 2. The normalized spacial score (nSPS) is 26.5. The summed E-state index contributed by atoms with van der Waals surface area (Å²) in [5, 5.41) is 0. The van der Waals surface area contributed by atoms with Gasteiger partial charge in [-0.15, -0.1) is 0 Å². The summed E-state index contributed by atoms with van der Waals surface area (Å²) in [7, 11) is -2.63. The van der Waals surface area contributed by atoms with E-state index >= 15 is 0 Å². The third-order valence-corrected chi connectivity index (χ3v) is 3.97. The Labute approximate surface area is 62.5 Å². The first-order chi connectivity index (χ1) is 4.64. The minimum Gasteiger partial charge on any atom is -0.229 e. The summed E-state index contributed by atoms with van der Waals surface area (Å²) in [6.07, 6.45) is 2.91. The fraction of sp³-hybridized carbons (Fsp3) is 1.00. The molecule has 10 heavy (non-hydrogen) atoms. The van der Waals surface area contributed by atoms with Crippen LogP contribution in [0.25, 0.3) is 0 Å². The van der Waals surface area contributed by atoms with Gasteiger partial charge in [0.05, 0.1) is 11.5 Å². The Morgan fingerprint density at radius 3 is 2.20 bits per heavy atom. The highest BCUT2D eigenvalue weighted by Gasteiger charge is 2.21. The highest BCUT2D eigenvalue weighted by Crippen LogP contribution is 2.20. The van der Waals surface area contributed by atoms with Crippen molar-refractivity contribution in [2.24, 2.45) is 5.92 Å². The Bertz CT molecular complexity index is 180. The molecular weight excluding hydrogens is 148 g/mol. The Morgan fingerprint density at radius 1 is 1.30 bits per heavy atom. The average molecular weight is 162 g/mol. The van der Waals surface area contributed by atoms with E-state index in [0.717, 1.165) is 19.3 Å². The van der Waals surface area contributed by atoms with Crippen LogP contribution in [0, 0.1) is 5.92 Å². The van der Waals surface area contributed by atoms with Crippen molar-refractivity contribution in [1.82, 2.24) is 0 Å². The van der Waals surface area contributed by atoms with Crippen molar-refractivity contribution in [2.45, 2.75) is 26.2 Å². The van der Waals surface area contributed by atoms with Gasteiger partial charge in [0.15, 0.2) is 0 Å². The van der Waals surface area contributed by atoms with Crippen molar-refractivity contribution in [1.29, 1.82) is 0 Å². The van der Waals surface area contributed by atoms with Crippen molar-refractivity contribution >= 4 is 9.84 Å². The molecule has 1 heterocycles. The molecule has 0 unspecified atom stereocenters. The van der Waals surface area contributed by atoms with Gasteiger partial charge in [-0.25, -0.2) is 8.42 Å². The number of rotatable bonds is 1. The average Bonchev–Trinajstić information content (AvgIpc) is 1.88. The number of hydrogen-bond donors (Lipinski definition) is 0. The molecule has 0 atom stereocenters. The second-order valence-corrected chi connectivity index (χ2v) is 5.31. The van der Waals surface area contributed by atoms with E-state index in [9.17, 15) is 8.42 Å². The molecule has 0 spiro atoms. The summed E-state index contributed by atoms with van der Waals surface area (Å²) < 4.78 is 21.8. The van der Waals surface area contributed by atoms with E-state index in [1.165, 1.54) is 0 Å². The molecule has 1 saturated heterocycles. The van der Waals surface area contributed by atoms with E-state index in [4.69, 9.17) is 0 Å². The van der Waals surface area contributed by atoms with Gasteiger partial charge in [0.1, 0.15) is 9.84 Å². The van der Waals surface area contributed by atoms with E-state index in [1.807, 2.05) is 0 Å². The lowest BCUT2D eigenvalue weighted by atomic mass is 10.0. The van der Waals surface area contributed by atoms with E-state index in [2.05, 4.69) is 6.92 Å². The minimum atomic E-state index is -2.63. The molecule has 0 saturated carbocycles. The summed E-state index contributed by atoms with van der Waals surface area (Å²) in [5.41, 5.74) is 0. The Balaban J connectivity index is 2.46. The lowest BCUT2D eigenvalue weighted by Gasteiger charge is -2.19. The molecule has 0 N–H and O–H groups in total. The molecule has 1 fully saturated rings. The standard InChI is InChI=1S/C7H14O2S/c1-2-7-3-5-10(8,9)6-4-7/h7H,2-6H2,1H3. The van der Waals surface area contributed by atoms with Gasteiger partial charge in [0.2, 0.25) is 0 Å². The van der Waals surface area contributed by atoms with Gasteiger partial charge in [-0.2, -0.15) is 0 Å². The molecule has 0 aliphatic carbocycles. The fourth-order valence-electron chi connectivity index (χ4n) is 1.35. The first-order valence-corrected chi connectivity index (χ1v) is 5.66. The largest absolute Gasteiger partial charge is 0.229 e. The molecule has 0 radical (unpaired) electrons. The van der Waals surface area contributed by atoms with Crippen LogP contribution < -0.4 is 0 Å². The van der Waals surface area contributed by atoms with Crippen molar-refractivity contribution < 1.29 is 8.42 Å². The van der Waals surface area contributed by atoms with Crippen molar-refractivity contribution in [3.05, 3.63) is 0 Å². The van der Waals surface area contributed by atoms with Gasteiger partial charge in [0, 0.05) is 0 Å². The maximum absolute atomic E-state index is 10.9. The molecule has 1 aliphatic rings. The van der Waals surface area contributed by atoms with Crippen LogP contribution in [-0.4, -0.2) is 19.9 Å². The third kappa shape index (κ3) is 1.97. The van der Waals surface area contributed by atoms with Crippen LogP contribution in [0.1, 0.15) is 26.2 Å². The van der Waals surface area contributed by atoms with Crippen LogP contribution in [0.3, 0.4) is 0 Å². The number of sulfone groups is 1. The van der Waals surface area contributed by atoms with Crippen LogP contribution in [0.15, 0.2) is 0 Å². The Kier molecular flexibility index (Phi) is 2.34. The quantitative estimate of drug-likeness (QED) is 0.581. The van der Waals surface area contributed by atoms with Gasteiger partial charge < -0.3 is 0 Å². The molecule has 1 rings (SSSR count). The van der Waals surface area contributed by atoms with Crippen LogP contribution in [0.4, 0.5) is 0 Å². The fourth-order valence-corrected chi connectivity index (χ4v) is 2.94. The smallest absolute Gasteiger partial charge is 0.150 e. The summed E-state index contributed by atoms with van der Waals surface area (Å²) in [6.45, 7) is 2.13. The van der Waals surface area contributed by atoms with E-state index < -0.39 is 9.84 Å². The molecule has 3 heteroatoms. The predicted molar refractivity (Wildman–Crippen MR) is 41.7 cm³/mol. The van der Waals surface area contributed by atoms with Gasteiger partial charge in [0.25, 0.3) is 0 Å². The van der Waals surface area contributed by atoms with Crippen LogP contribution >= 0.6 is 0 Å². The zero-order valence-electron chi connectivity index (χ0n) is 6.34. The summed E-state index contributed by atoms with van der Waals surface area (Å²) in [5.74, 6) is 1.51. The minimum absolute atomic E-state index is 0.422. The molecule has 1 aliphatic heterocycles. The predicted octanol–water partition coefficient (Wildman–Crippen LogP) is 1.22. The van der Waals surface area contributed by atoms with Crippen molar-refractivity contribution in [3.63, 3.8) is 0 Å². The molecule has 0 aromatic rings. The maximum Gasteiger partial charge on any atom is 0.150 e. The molecular formula is C7H14O2S. The Hall–Kier alpha value is -0.0500. The highest BCUT2D eigenvalue weighted by molar-refractivity contribution is 7.91. The zero-order chi connectivity index (χ0) is 7.61. The van der Waals surface area contributed by atoms with Crippen LogP contribution in [-0.2, 0) is 9.84 Å². The SMILES string of the molecule is CCC1CCS(=O)(=O)CC1. The van der Waals surface area contributed by atoms with Crippen LogP contribution in [0.2, 0.25) is 0 Å². The van der Waals surface area contributed by atoms with Crippen molar-refractivity contribution in [3.8, 4) is 0 Å². The molecule has 60 valence electrons. The second-order valence-electron chi connectivity index (χ2n) is 3.00. The first-order valence-electron chi connectivity index (χ1n) is 3.84. The maximum atomic E-state index is 10.9. The van der Waals surface area contributed by atoms with E-state index in [-0.39, 0.29) is 0 Å². The van der Waals surface area contributed by atoms with E-state index in [0.29, 0.717) is 17.4 Å². The summed E-state index contributed by atoms with van der Waals surface area (Å²) >= 11 is 0. The molecule has 0 amide bonds. The van der Waals surface area contributed by atoms with Gasteiger partial charge >= 0.3 is 0 Å². The molecule has 0 bridgehead atoms. The first kappa shape index (κ1) is 8.05. The molecule has 0 aromatic heterocycles. The Morgan fingerprint density at radius 2 is 1.80 bits per heavy atom. The van der Waals surface area contributed by atoms with Gasteiger partial charge in [-0.3, -0.25) is 0 Å². The lowest BCUT2D eigenvalue weighted by Crippen LogP contribution is -2.22. The zero-order valence-corrected chi connectivity index (χ0v) is 7.15. The highest BCUT2D eigenvalue weighted by atomic mass is 32.2. The van der Waals surface area contributed by atoms with Gasteiger partial charge in [-0.05, 0) is 18.8 Å². The summed E-state index contributed by atoms with van der Waals surface area (Å²) in [4.78, 5) is 0. The van der Waals surface area contributed by atoms with E-state index in [1.54, 1.807) is 0 Å². The second kappa shape index (κ2) is 2.91. The lowest BCUT2D eigenvalue weighted by molar-refractivity contribution is 0.453. The van der Waals surface area contributed by atoms with Crippen molar-refractivity contribution in [2.75, 3.05) is 11.5 Å². The third-order valence-electron chi connectivity index (χ3n) is 2.25. The summed E-state index contributed by atoms with van der Waals surface area (Å²) in [6, 6.07) is 0. The van der Waals surface area contributed by atoms with Crippen LogP contribution in [0.5, 0.6) is 0 Å². The monoisotopic (exact) mass is 162 g/mol. The van der Waals surface area contributed by atoms with Gasteiger partial charge in [-0.1, -0.05) is 13.3 Å². The topological polar surface area (TPSA) is 34.1 Å². The molecule has 0 aromatic carbocycles.